The van der Waals surface area contributed by atoms with Crippen molar-refractivity contribution in [1.82, 2.24) is 0 Å². The fourth-order valence-electron chi connectivity index (χ4n) is 1.42. The Bertz CT molecular complexity index is 361. The number of ether oxygens (including phenoxy) is 2. The zero-order chi connectivity index (χ0) is 12.7. The van der Waals surface area contributed by atoms with Gasteiger partial charge in [-0.1, -0.05) is 26.0 Å². The van der Waals surface area contributed by atoms with Gasteiger partial charge in [-0.2, -0.15) is 0 Å². The van der Waals surface area contributed by atoms with Crippen LogP contribution in [0, 0.1) is 0 Å². The number of carbonyl (C=O) groups excluding carboxylic acids is 1. The van der Waals surface area contributed by atoms with Crippen molar-refractivity contribution in [2.24, 2.45) is 0 Å². The molecule has 0 heterocycles. The van der Waals surface area contributed by atoms with Gasteiger partial charge >= 0.3 is 5.97 Å². The second-order valence-corrected chi connectivity index (χ2v) is 3.75. The molecule has 4 nitrogen and oxygen atoms in total. The minimum atomic E-state index is -0.359. The summed E-state index contributed by atoms with van der Waals surface area (Å²) in [6, 6.07) is 7.06. The van der Waals surface area contributed by atoms with Gasteiger partial charge in [-0.3, -0.25) is 0 Å². The van der Waals surface area contributed by atoms with Crippen molar-refractivity contribution < 1.29 is 14.3 Å². The van der Waals surface area contributed by atoms with Crippen LogP contribution in [0.4, 0.5) is 5.69 Å². The summed E-state index contributed by atoms with van der Waals surface area (Å²) in [7, 11) is 0. The van der Waals surface area contributed by atoms with Crippen LogP contribution >= 0.6 is 0 Å². The molecule has 0 unspecified atom stereocenters. The third-order valence-corrected chi connectivity index (χ3v) is 2.47. The summed E-state index contributed by atoms with van der Waals surface area (Å²) < 4.78 is 10.5. The van der Waals surface area contributed by atoms with Gasteiger partial charge in [0.05, 0.1) is 5.69 Å². The topological polar surface area (TPSA) is 61.5 Å². The second-order valence-electron chi connectivity index (χ2n) is 3.75. The Kier molecular flexibility index (Phi) is 5.33. The molecule has 0 aliphatic heterocycles. The quantitative estimate of drug-likeness (QED) is 0.609. The number of nitrogen functional groups attached to an aromatic ring is 1. The van der Waals surface area contributed by atoms with Crippen LogP contribution in [-0.2, 0) is 9.53 Å². The van der Waals surface area contributed by atoms with Gasteiger partial charge in [0, 0.05) is 0 Å². The SMILES string of the molecule is CCC(CC)OC(=O)COc1ccccc1N. The van der Waals surface area contributed by atoms with E-state index in [0.29, 0.717) is 11.4 Å². The fraction of sp³-hybridized carbons (Fsp3) is 0.462. The number of rotatable bonds is 6. The molecule has 0 saturated heterocycles. The minimum Gasteiger partial charge on any atom is -0.480 e. The number of para-hydroxylation sites is 2. The molecule has 0 amide bonds. The van der Waals surface area contributed by atoms with E-state index in [1.165, 1.54) is 0 Å². The third kappa shape index (κ3) is 4.34. The molecule has 4 heteroatoms. The molecule has 0 radical (unpaired) electrons. The van der Waals surface area contributed by atoms with Crippen molar-refractivity contribution in [1.29, 1.82) is 0 Å². The highest BCUT2D eigenvalue weighted by molar-refractivity contribution is 5.71. The molecule has 0 aliphatic carbocycles. The Labute approximate surface area is 102 Å². The van der Waals surface area contributed by atoms with Gasteiger partial charge in [-0.15, -0.1) is 0 Å². The van der Waals surface area contributed by atoms with Crippen LogP contribution in [0.15, 0.2) is 24.3 Å². The second kappa shape index (κ2) is 6.78. The molecule has 0 fully saturated rings. The van der Waals surface area contributed by atoms with Crippen LogP contribution in [-0.4, -0.2) is 18.7 Å². The number of nitrogens with two attached hydrogens (primary N) is 1. The van der Waals surface area contributed by atoms with Crippen molar-refractivity contribution in [2.75, 3.05) is 12.3 Å². The lowest BCUT2D eigenvalue weighted by Gasteiger charge is -2.14. The van der Waals surface area contributed by atoms with E-state index < -0.39 is 0 Å². The highest BCUT2D eigenvalue weighted by Gasteiger charge is 2.11. The average Bonchev–Trinajstić information content (AvgIpc) is 2.35. The molecule has 0 saturated carbocycles. The first-order chi connectivity index (χ1) is 8.17. The summed E-state index contributed by atoms with van der Waals surface area (Å²) in [6.45, 7) is 3.86. The first kappa shape index (κ1) is 13.4. The maximum absolute atomic E-state index is 11.5. The van der Waals surface area contributed by atoms with Crippen LogP contribution in [0.25, 0.3) is 0 Å². The van der Waals surface area contributed by atoms with Gasteiger partial charge < -0.3 is 15.2 Å². The van der Waals surface area contributed by atoms with Crippen molar-refractivity contribution in [3.8, 4) is 5.75 Å². The Morgan fingerprint density at radius 3 is 2.53 bits per heavy atom. The summed E-state index contributed by atoms with van der Waals surface area (Å²) in [5, 5.41) is 0. The first-order valence-corrected chi connectivity index (χ1v) is 5.84. The van der Waals surface area contributed by atoms with E-state index in [9.17, 15) is 4.79 Å². The molecule has 1 aromatic rings. The molecule has 94 valence electrons. The molecule has 1 aromatic carbocycles. The molecule has 0 aromatic heterocycles. The molecule has 0 atom stereocenters. The van der Waals surface area contributed by atoms with E-state index in [1.54, 1.807) is 18.2 Å². The van der Waals surface area contributed by atoms with E-state index in [-0.39, 0.29) is 18.7 Å². The molecule has 0 bridgehead atoms. The predicted molar refractivity (Wildman–Crippen MR) is 66.8 cm³/mol. The van der Waals surface area contributed by atoms with Gasteiger partial charge in [0.15, 0.2) is 6.61 Å². The number of hydrogen-bond acceptors (Lipinski definition) is 4. The fourth-order valence-corrected chi connectivity index (χ4v) is 1.42. The van der Waals surface area contributed by atoms with Crippen LogP contribution in [0.5, 0.6) is 5.75 Å². The Hall–Kier alpha value is -1.71. The summed E-state index contributed by atoms with van der Waals surface area (Å²) in [5.74, 6) is 0.149. The largest absolute Gasteiger partial charge is 0.480 e. The molecule has 0 aliphatic rings. The lowest BCUT2D eigenvalue weighted by atomic mass is 10.2. The summed E-state index contributed by atoms with van der Waals surface area (Å²) in [5.41, 5.74) is 6.20. The highest BCUT2D eigenvalue weighted by Crippen LogP contribution is 2.19. The number of hydrogen-bond donors (Lipinski definition) is 1. The maximum Gasteiger partial charge on any atom is 0.344 e. The molecule has 1 rings (SSSR count). The Morgan fingerprint density at radius 1 is 1.29 bits per heavy atom. The van der Waals surface area contributed by atoms with Crippen molar-refractivity contribution >= 4 is 11.7 Å². The van der Waals surface area contributed by atoms with E-state index in [0.717, 1.165) is 12.8 Å². The van der Waals surface area contributed by atoms with Crippen molar-refractivity contribution in [2.45, 2.75) is 32.8 Å². The van der Waals surface area contributed by atoms with Crippen molar-refractivity contribution in [3.05, 3.63) is 24.3 Å². The molecular weight excluding hydrogens is 218 g/mol. The summed E-state index contributed by atoms with van der Waals surface area (Å²) in [4.78, 5) is 11.5. The molecule has 2 N–H and O–H groups in total. The van der Waals surface area contributed by atoms with Gasteiger partial charge in [0.25, 0.3) is 0 Å². The van der Waals surface area contributed by atoms with Gasteiger partial charge in [-0.05, 0) is 25.0 Å². The van der Waals surface area contributed by atoms with Crippen LogP contribution in [0.2, 0.25) is 0 Å². The van der Waals surface area contributed by atoms with Crippen LogP contribution < -0.4 is 10.5 Å². The zero-order valence-corrected chi connectivity index (χ0v) is 10.3. The molecule has 17 heavy (non-hydrogen) atoms. The number of anilines is 1. The van der Waals surface area contributed by atoms with Gasteiger partial charge in [0.2, 0.25) is 0 Å². The Balaban J connectivity index is 2.41. The van der Waals surface area contributed by atoms with Gasteiger partial charge in [-0.25, -0.2) is 4.79 Å². The predicted octanol–water partition coefficient (Wildman–Crippen LogP) is 2.38. The highest BCUT2D eigenvalue weighted by atomic mass is 16.6. The monoisotopic (exact) mass is 237 g/mol. The average molecular weight is 237 g/mol. The van der Waals surface area contributed by atoms with Crippen molar-refractivity contribution in [3.63, 3.8) is 0 Å². The van der Waals surface area contributed by atoms with E-state index in [1.807, 2.05) is 19.9 Å². The lowest BCUT2D eigenvalue weighted by molar-refractivity contribution is -0.151. The first-order valence-electron chi connectivity index (χ1n) is 5.84. The number of benzene rings is 1. The van der Waals surface area contributed by atoms with Crippen LogP contribution in [0.3, 0.4) is 0 Å². The van der Waals surface area contributed by atoms with Crippen LogP contribution in [0.1, 0.15) is 26.7 Å². The van der Waals surface area contributed by atoms with E-state index >= 15 is 0 Å². The molecular formula is C13H19NO3. The summed E-state index contributed by atoms with van der Waals surface area (Å²) >= 11 is 0. The van der Waals surface area contributed by atoms with E-state index in [2.05, 4.69) is 0 Å². The molecule has 0 spiro atoms. The van der Waals surface area contributed by atoms with Gasteiger partial charge in [0.1, 0.15) is 11.9 Å². The number of esters is 1. The summed E-state index contributed by atoms with van der Waals surface area (Å²) in [6.07, 6.45) is 1.60. The Morgan fingerprint density at radius 2 is 1.94 bits per heavy atom. The maximum atomic E-state index is 11.5. The number of carbonyl (C=O) groups is 1. The lowest BCUT2D eigenvalue weighted by Crippen LogP contribution is -2.22. The minimum absolute atomic E-state index is 0.0285. The van der Waals surface area contributed by atoms with E-state index in [4.69, 9.17) is 15.2 Å². The standard InChI is InChI=1S/C13H19NO3/c1-3-10(4-2)17-13(15)9-16-12-8-6-5-7-11(12)14/h5-8,10H,3-4,9,14H2,1-2H3. The zero-order valence-electron chi connectivity index (χ0n) is 10.3. The normalized spacial score (nSPS) is 10.3. The third-order valence-electron chi connectivity index (χ3n) is 2.47. The smallest absolute Gasteiger partial charge is 0.344 e.